The van der Waals surface area contributed by atoms with Gasteiger partial charge in [-0.3, -0.25) is 5.41 Å². The molecular formula is C13H16N2. The minimum absolute atomic E-state index is 0.940. The zero-order chi connectivity index (χ0) is 10.5. The molecule has 0 amide bonds. The molecule has 78 valence electrons. The van der Waals surface area contributed by atoms with Crippen LogP contribution in [0, 0.1) is 5.41 Å². The third-order valence-corrected chi connectivity index (χ3v) is 2.84. The molecule has 1 aromatic carbocycles. The fraction of sp³-hybridized carbons (Fsp3) is 0.385. The molecular weight excluding hydrogens is 184 g/mol. The second-order valence-corrected chi connectivity index (χ2v) is 3.89. The van der Waals surface area contributed by atoms with Gasteiger partial charge < -0.3 is 4.90 Å². The van der Waals surface area contributed by atoms with E-state index in [1.54, 1.807) is 0 Å². The number of nitrogens with zero attached hydrogens (tertiary/aromatic N) is 1. The van der Waals surface area contributed by atoms with Crippen molar-refractivity contribution < 1.29 is 0 Å². The van der Waals surface area contributed by atoms with E-state index in [4.69, 9.17) is 5.41 Å². The molecule has 0 saturated carbocycles. The lowest BCUT2D eigenvalue weighted by atomic mass is 10.1. The number of benzene rings is 1. The summed E-state index contributed by atoms with van der Waals surface area (Å²) in [6, 6.07) is 10.1. The molecule has 1 N–H and O–H groups in total. The van der Waals surface area contributed by atoms with Crippen molar-refractivity contribution in [3.8, 4) is 0 Å². The van der Waals surface area contributed by atoms with Crippen molar-refractivity contribution in [3.63, 3.8) is 0 Å². The van der Waals surface area contributed by atoms with Crippen LogP contribution in [0.5, 0.6) is 0 Å². The predicted molar refractivity (Wildman–Crippen MR) is 63.0 cm³/mol. The topological polar surface area (TPSA) is 27.1 Å². The van der Waals surface area contributed by atoms with Gasteiger partial charge in [0, 0.05) is 24.5 Å². The van der Waals surface area contributed by atoms with Crippen LogP contribution in [0.4, 0.5) is 0 Å². The van der Waals surface area contributed by atoms with Crippen LogP contribution in [0.15, 0.2) is 30.3 Å². The van der Waals surface area contributed by atoms with Gasteiger partial charge in [-0.05, 0) is 19.3 Å². The minimum Gasteiger partial charge on any atom is -0.364 e. The van der Waals surface area contributed by atoms with Gasteiger partial charge in [-0.25, -0.2) is 0 Å². The quantitative estimate of drug-likeness (QED) is 0.730. The summed E-state index contributed by atoms with van der Waals surface area (Å²) in [7, 11) is 0. The first-order valence-corrected chi connectivity index (χ1v) is 5.52. The van der Waals surface area contributed by atoms with Crippen molar-refractivity contribution in [2.24, 2.45) is 0 Å². The van der Waals surface area contributed by atoms with Crippen molar-refractivity contribution in [2.45, 2.75) is 19.3 Å². The number of nitrogens with one attached hydrogen (secondary N) is 1. The Balaban J connectivity index is 2.21. The second-order valence-electron chi connectivity index (χ2n) is 3.89. The highest BCUT2D eigenvalue weighted by Gasteiger charge is 2.14. The summed E-state index contributed by atoms with van der Waals surface area (Å²) >= 11 is 0. The fourth-order valence-corrected chi connectivity index (χ4v) is 2.05. The van der Waals surface area contributed by atoms with Gasteiger partial charge >= 0.3 is 0 Å². The number of rotatable bonds is 2. The van der Waals surface area contributed by atoms with Crippen LogP contribution in [0.1, 0.15) is 24.8 Å². The Kier molecular flexibility index (Phi) is 3.21. The maximum absolute atomic E-state index is 7.40. The van der Waals surface area contributed by atoms with E-state index in [2.05, 4.69) is 10.8 Å². The maximum Gasteiger partial charge on any atom is 0.106 e. The van der Waals surface area contributed by atoms with Crippen molar-refractivity contribution in [2.75, 3.05) is 13.1 Å². The van der Waals surface area contributed by atoms with E-state index >= 15 is 0 Å². The Morgan fingerprint density at radius 3 is 2.33 bits per heavy atom. The Labute approximate surface area is 90.7 Å². The molecule has 1 aliphatic heterocycles. The molecule has 0 spiro atoms. The molecule has 2 rings (SSSR count). The van der Waals surface area contributed by atoms with Crippen LogP contribution in [-0.4, -0.2) is 23.9 Å². The predicted octanol–water partition coefficient (Wildman–Crippen LogP) is 2.76. The largest absolute Gasteiger partial charge is 0.364 e. The van der Waals surface area contributed by atoms with Gasteiger partial charge in [0.1, 0.15) is 5.70 Å². The van der Waals surface area contributed by atoms with Crippen molar-refractivity contribution in [1.82, 2.24) is 4.90 Å². The SMILES string of the molecule is N=C=C(c1ccccc1)N1CCCCC1. The molecule has 0 unspecified atom stereocenters. The standard InChI is InChI=1S/C13H16N2/c14-11-13(12-7-3-1-4-8-12)15-9-5-2-6-10-15/h1,3-4,7-8,14H,2,5-6,9-10H2. The van der Waals surface area contributed by atoms with Gasteiger partial charge in [0.05, 0.1) is 0 Å². The van der Waals surface area contributed by atoms with Gasteiger partial charge in [-0.15, -0.1) is 0 Å². The minimum atomic E-state index is 0.940. The van der Waals surface area contributed by atoms with E-state index in [0.717, 1.165) is 24.4 Å². The summed E-state index contributed by atoms with van der Waals surface area (Å²) in [5.74, 6) is 2.58. The van der Waals surface area contributed by atoms with Crippen LogP contribution < -0.4 is 0 Å². The first-order chi connectivity index (χ1) is 7.42. The molecule has 2 nitrogen and oxygen atoms in total. The highest BCUT2D eigenvalue weighted by Crippen LogP contribution is 2.20. The molecule has 1 fully saturated rings. The molecule has 1 heterocycles. The maximum atomic E-state index is 7.40. The molecule has 15 heavy (non-hydrogen) atoms. The molecule has 1 aliphatic rings. The van der Waals surface area contributed by atoms with Crippen molar-refractivity contribution in [3.05, 3.63) is 35.9 Å². The number of piperidine rings is 1. The summed E-state index contributed by atoms with van der Waals surface area (Å²) in [5, 5.41) is 7.40. The van der Waals surface area contributed by atoms with Gasteiger partial charge in [-0.1, -0.05) is 30.3 Å². The van der Waals surface area contributed by atoms with E-state index < -0.39 is 0 Å². The van der Waals surface area contributed by atoms with E-state index in [1.165, 1.54) is 19.3 Å². The number of hydrogen-bond acceptors (Lipinski definition) is 2. The molecule has 2 heteroatoms. The highest BCUT2D eigenvalue weighted by molar-refractivity contribution is 5.87. The molecule has 0 atom stereocenters. The Morgan fingerprint density at radius 2 is 1.73 bits per heavy atom. The highest BCUT2D eigenvalue weighted by atomic mass is 15.1. The number of likely N-dealkylation sites (tertiary alicyclic amines) is 1. The number of hydrogen-bond donors (Lipinski definition) is 1. The molecule has 0 bridgehead atoms. The Bertz CT molecular complexity index is 357. The van der Waals surface area contributed by atoms with Crippen LogP contribution in [-0.2, 0) is 0 Å². The molecule has 1 saturated heterocycles. The van der Waals surface area contributed by atoms with E-state index in [-0.39, 0.29) is 0 Å². The lowest BCUT2D eigenvalue weighted by Crippen LogP contribution is -2.28. The van der Waals surface area contributed by atoms with E-state index in [9.17, 15) is 0 Å². The van der Waals surface area contributed by atoms with Crippen LogP contribution >= 0.6 is 0 Å². The summed E-state index contributed by atoms with van der Waals surface area (Å²) in [6.45, 7) is 2.13. The lowest BCUT2D eigenvalue weighted by Gasteiger charge is -2.29. The van der Waals surface area contributed by atoms with E-state index in [0.29, 0.717) is 0 Å². The first kappa shape index (κ1) is 10.0. The average Bonchev–Trinajstić information content (AvgIpc) is 2.33. The zero-order valence-corrected chi connectivity index (χ0v) is 8.87. The lowest BCUT2D eigenvalue weighted by molar-refractivity contribution is 0.328. The van der Waals surface area contributed by atoms with Gasteiger partial charge in [0.25, 0.3) is 0 Å². The molecule has 0 radical (unpaired) electrons. The molecule has 0 aromatic heterocycles. The first-order valence-electron chi connectivity index (χ1n) is 5.52. The average molecular weight is 200 g/mol. The van der Waals surface area contributed by atoms with Gasteiger partial charge in [0.2, 0.25) is 0 Å². The fourth-order valence-electron chi connectivity index (χ4n) is 2.05. The normalized spacial score (nSPS) is 15.9. The summed E-state index contributed by atoms with van der Waals surface area (Å²) < 4.78 is 0. The monoisotopic (exact) mass is 200 g/mol. The zero-order valence-electron chi connectivity index (χ0n) is 8.87. The van der Waals surface area contributed by atoms with Crippen molar-refractivity contribution >= 4 is 11.6 Å². The van der Waals surface area contributed by atoms with Gasteiger partial charge in [0.15, 0.2) is 0 Å². The van der Waals surface area contributed by atoms with Crippen LogP contribution in [0.3, 0.4) is 0 Å². The summed E-state index contributed by atoms with van der Waals surface area (Å²) in [4.78, 5) is 2.27. The van der Waals surface area contributed by atoms with Crippen LogP contribution in [0.25, 0.3) is 5.70 Å². The summed E-state index contributed by atoms with van der Waals surface area (Å²) in [5.41, 5.74) is 2.05. The van der Waals surface area contributed by atoms with Gasteiger partial charge in [-0.2, -0.15) is 0 Å². The van der Waals surface area contributed by atoms with Crippen LogP contribution in [0.2, 0.25) is 0 Å². The third kappa shape index (κ3) is 2.28. The molecule has 1 aromatic rings. The second kappa shape index (κ2) is 4.81. The Hall–Kier alpha value is -1.53. The van der Waals surface area contributed by atoms with Crippen molar-refractivity contribution in [1.29, 1.82) is 5.41 Å². The third-order valence-electron chi connectivity index (χ3n) is 2.84. The molecule has 0 aliphatic carbocycles. The summed E-state index contributed by atoms with van der Waals surface area (Å²) in [6.07, 6.45) is 3.78. The Morgan fingerprint density at radius 1 is 1.07 bits per heavy atom. The smallest absolute Gasteiger partial charge is 0.106 e. The van der Waals surface area contributed by atoms with E-state index in [1.807, 2.05) is 30.3 Å².